The zero-order valence-electron chi connectivity index (χ0n) is 16.1. The number of nitrogens with zero attached hydrogens (tertiary/aromatic N) is 1. The highest BCUT2D eigenvalue weighted by Crippen LogP contribution is 2.35. The summed E-state index contributed by atoms with van der Waals surface area (Å²) in [6.07, 6.45) is 3.08. The second-order valence-corrected chi connectivity index (χ2v) is 6.73. The molecule has 1 aliphatic rings. The van der Waals surface area contributed by atoms with E-state index in [0.717, 1.165) is 50.7 Å². The van der Waals surface area contributed by atoms with E-state index in [0.29, 0.717) is 12.6 Å². The number of hydrogen-bond donors (Lipinski definition) is 2. The molecule has 2 rings (SSSR count). The Labute approximate surface area is 152 Å². The fraction of sp³-hybridized carbons (Fsp3) is 0.650. The first-order chi connectivity index (χ1) is 12.1. The Bertz CT molecular complexity index is 536. The minimum atomic E-state index is 0.0655. The topological polar surface area (TPSA) is 54.9 Å². The van der Waals surface area contributed by atoms with Gasteiger partial charge in [-0.2, -0.15) is 0 Å². The van der Waals surface area contributed by atoms with E-state index in [4.69, 9.17) is 9.47 Å². The van der Waals surface area contributed by atoms with Crippen LogP contribution in [0.25, 0.3) is 0 Å². The standard InChI is InChI=1S/C20H33N3O2/c1-5-16(3)23-19(21-4)22-15-20(11-13-24-14-12-20)17-7-9-18(10-8-17)25-6-2/h7-10,16H,5-6,11-15H2,1-4H3,(H2,21,22,23). The summed E-state index contributed by atoms with van der Waals surface area (Å²) < 4.78 is 11.2. The minimum Gasteiger partial charge on any atom is -0.494 e. The first-order valence-corrected chi connectivity index (χ1v) is 9.42. The van der Waals surface area contributed by atoms with Crippen molar-refractivity contribution in [2.24, 2.45) is 4.99 Å². The Balaban J connectivity index is 2.11. The summed E-state index contributed by atoms with van der Waals surface area (Å²) >= 11 is 0. The number of aliphatic imine (C=N–C) groups is 1. The highest BCUT2D eigenvalue weighted by molar-refractivity contribution is 5.80. The van der Waals surface area contributed by atoms with Gasteiger partial charge in [0.25, 0.3) is 0 Å². The highest BCUT2D eigenvalue weighted by atomic mass is 16.5. The van der Waals surface area contributed by atoms with Crippen LogP contribution in [0.5, 0.6) is 5.75 Å². The molecule has 0 aliphatic carbocycles. The van der Waals surface area contributed by atoms with E-state index in [2.05, 4.69) is 53.7 Å². The first-order valence-electron chi connectivity index (χ1n) is 9.42. The van der Waals surface area contributed by atoms with Crippen LogP contribution in [0.15, 0.2) is 29.3 Å². The van der Waals surface area contributed by atoms with Crippen LogP contribution in [0.4, 0.5) is 0 Å². The second kappa shape index (κ2) is 9.66. The molecule has 0 radical (unpaired) electrons. The summed E-state index contributed by atoms with van der Waals surface area (Å²) in [7, 11) is 1.82. The number of ether oxygens (including phenoxy) is 2. The Morgan fingerprint density at radius 1 is 1.24 bits per heavy atom. The van der Waals surface area contributed by atoms with Crippen molar-refractivity contribution in [2.45, 2.75) is 51.5 Å². The SMILES string of the molecule is CCOc1ccc(C2(CNC(=NC)NC(C)CC)CCOCC2)cc1. The fourth-order valence-corrected chi connectivity index (χ4v) is 3.18. The zero-order chi connectivity index (χ0) is 18.1. The lowest BCUT2D eigenvalue weighted by molar-refractivity contribution is 0.0513. The van der Waals surface area contributed by atoms with Crippen molar-refractivity contribution in [3.05, 3.63) is 29.8 Å². The largest absolute Gasteiger partial charge is 0.494 e. The Hall–Kier alpha value is -1.75. The van der Waals surface area contributed by atoms with E-state index in [1.807, 2.05) is 14.0 Å². The fourth-order valence-electron chi connectivity index (χ4n) is 3.18. The number of guanidine groups is 1. The van der Waals surface area contributed by atoms with Gasteiger partial charge in [0, 0.05) is 38.3 Å². The molecule has 25 heavy (non-hydrogen) atoms. The molecule has 0 saturated carbocycles. The van der Waals surface area contributed by atoms with Crippen LogP contribution in [-0.2, 0) is 10.2 Å². The minimum absolute atomic E-state index is 0.0655. The molecule has 1 unspecified atom stereocenters. The van der Waals surface area contributed by atoms with Crippen molar-refractivity contribution in [1.82, 2.24) is 10.6 Å². The van der Waals surface area contributed by atoms with Gasteiger partial charge in [-0.1, -0.05) is 19.1 Å². The molecule has 2 N–H and O–H groups in total. The predicted octanol–water partition coefficient (Wildman–Crippen LogP) is 3.10. The maximum Gasteiger partial charge on any atom is 0.191 e. The zero-order valence-corrected chi connectivity index (χ0v) is 16.1. The van der Waals surface area contributed by atoms with Crippen molar-refractivity contribution in [3.63, 3.8) is 0 Å². The van der Waals surface area contributed by atoms with E-state index in [-0.39, 0.29) is 5.41 Å². The normalized spacial score (nSPS) is 18.5. The van der Waals surface area contributed by atoms with Crippen molar-refractivity contribution in [3.8, 4) is 5.75 Å². The molecule has 5 heteroatoms. The van der Waals surface area contributed by atoms with Gasteiger partial charge in [0.05, 0.1) is 6.61 Å². The van der Waals surface area contributed by atoms with Crippen molar-refractivity contribution in [1.29, 1.82) is 0 Å². The molecular formula is C20H33N3O2. The summed E-state index contributed by atoms with van der Waals surface area (Å²) in [5, 5.41) is 6.97. The van der Waals surface area contributed by atoms with Gasteiger partial charge in [0.15, 0.2) is 5.96 Å². The Morgan fingerprint density at radius 3 is 2.48 bits per heavy atom. The second-order valence-electron chi connectivity index (χ2n) is 6.73. The molecule has 5 nitrogen and oxygen atoms in total. The third-order valence-electron chi connectivity index (χ3n) is 5.04. The number of hydrogen-bond acceptors (Lipinski definition) is 3. The summed E-state index contributed by atoms with van der Waals surface area (Å²) in [6, 6.07) is 8.94. The third-order valence-corrected chi connectivity index (χ3v) is 5.04. The average molecular weight is 348 g/mol. The summed E-state index contributed by atoms with van der Waals surface area (Å²) in [5.74, 6) is 1.79. The van der Waals surface area contributed by atoms with Crippen LogP contribution in [0.3, 0.4) is 0 Å². The number of nitrogens with one attached hydrogen (secondary N) is 2. The number of rotatable bonds is 7. The van der Waals surface area contributed by atoms with Crippen molar-refractivity contribution in [2.75, 3.05) is 33.4 Å². The third kappa shape index (κ3) is 5.36. The predicted molar refractivity (Wildman–Crippen MR) is 104 cm³/mol. The van der Waals surface area contributed by atoms with E-state index < -0.39 is 0 Å². The van der Waals surface area contributed by atoms with E-state index >= 15 is 0 Å². The molecule has 1 saturated heterocycles. The molecule has 1 aromatic rings. The monoisotopic (exact) mass is 347 g/mol. The van der Waals surface area contributed by atoms with Crippen LogP contribution in [0.2, 0.25) is 0 Å². The first kappa shape index (κ1) is 19.6. The molecule has 0 amide bonds. The van der Waals surface area contributed by atoms with Gasteiger partial charge in [-0.05, 0) is 50.8 Å². The molecule has 1 atom stereocenters. The Kier molecular flexibility index (Phi) is 7.56. The molecule has 1 aliphatic heterocycles. The molecule has 140 valence electrons. The molecule has 0 bridgehead atoms. The van der Waals surface area contributed by atoms with Crippen LogP contribution in [-0.4, -0.2) is 45.4 Å². The summed E-state index contributed by atoms with van der Waals surface area (Å²) in [4.78, 5) is 4.37. The average Bonchev–Trinajstić information content (AvgIpc) is 2.66. The van der Waals surface area contributed by atoms with E-state index in [9.17, 15) is 0 Å². The molecular weight excluding hydrogens is 314 g/mol. The summed E-state index contributed by atoms with van der Waals surface area (Å²) in [6.45, 7) is 9.48. The van der Waals surface area contributed by atoms with Gasteiger partial charge in [0.1, 0.15) is 5.75 Å². The molecule has 1 fully saturated rings. The van der Waals surface area contributed by atoms with Gasteiger partial charge in [-0.15, -0.1) is 0 Å². The van der Waals surface area contributed by atoms with E-state index in [1.54, 1.807) is 0 Å². The molecule has 1 heterocycles. The lowest BCUT2D eigenvalue weighted by Gasteiger charge is -2.38. The lowest BCUT2D eigenvalue weighted by atomic mass is 9.74. The summed E-state index contributed by atoms with van der Waals surface area (Å²) in [5.41, 5.74) is 1.40. The lowest BCUT2D eigenvalue weighted by Crippen LogP contribution is -2.49. The van der Waals surface area contributed by atoms with E-state index in [1.165, 1.54) is 5.56 Å². The van der Waals surface area contributed by atoms with Crippen LogP contribution < -0.4 is 15.4 Å². The van der Waals surface area contributed by atoms with Crippen LogP contribution in [0.1, 0.15) is 45.6 Å². The molecule has 0 spiro atoms. The Morgan fingerprint density at radius 2 is 1.92 bits per heavy atom. The van der Waals surface area contributed by atoms with Gasteiger partial charge in [-0.25, -0.2) is 0 Å². The highest BCUT2D eigenvalue weighted by Gasteiger charge is 2.34. The smallest absolute Gasteiger partial charge is 0.191 e. The van der Waals surface area contributed by atoms with Gasteiger partial charge in [-0.3, -0.25) is 4.99 Å². The maximum absolute atomic E-state index is 5.63. The van der Waals surface area contributed by atoms with Gasteiger partial charge in [0.2, 0.25) is 0 Å². The maximum atomic E-state index is 5.63. The van der Waals surface area contributed by atoms with Crippen molar-refractivity contribution >= 4 is 5.96 Å². The molecule has 1 aromatic carbocycles. The van der Waals surface area contributed by atoms with Crippen molar-refractivity contribution < 1.29 is 9.47 Å². The van der Waals surface area contributed by atoms with Crippen LogP contribution in [0, 0.1) is 0 Å². The van der Waals surface area contributed by atoms with Gasteiger partial charge >= 0.3 is 0 Å². The van der Waals surface area contributed by atoms with Crippen LogP contribution >= 0.6 is 0 Å². The molecule has 0 aromatic heterocycles. The quantitative estimate of drug-likeness (QED) is 0.588. The van der Waals surface area contributed by atoms with Gasteiger partial charge < -0.3 is 20.1 Å². The number of benzene rings is 1.